The highest BCUT2D eigenvalue weighted by atomic mass is 32.2. The molecule has 2 aromatic rings. The maximum atomic E-state index is 12.1. The summed E-state index contributed by atoms with van der Waals surface area (Å²) in [5.41, 5.74) is 0.915. The Morgan fingerprint density at radius 1 is 1.29 bits per heavy atom. The molecule has 0 aliphatic rings. The lowest BCUT2D eigenvalue weighted by molar-refractivity contribution is 0.598. The van der Waals surface area contributed by atoms with Crippen LogP contribution in [0.3, 0.4) is 0 Å². The third kappa shape index (κ3) is 3.26. The molecule has 0 unspecified atom stereocenters. The van der Waals surface area contributed by atoms with Gasteiger partial charge < -0.3 is 0 Å². The summed E-state index contributed by atoms with van der Waals surface area (Å²) < 4.78 is 13.4. The first-order valence-corrected chi connectivity index (χ1v) is 7.78. The number of hydrogen-bond donors (Lipinski definition) is 0. The van der Waals surface area contributed by atoms with Crippen LogP contribution in [-0.4, -0.2) is 19.7 Å². The van der Waals surface area contributed by atoms with Crippen molar-refractivity contribution in [3.63, 3.8) is 0 Å². The van der Waals surface area contributed by atoms with E-state index in [0.29, 0.717) is 11.3 Å². The summed E-state index contributed by atoms with van der Waals surface area (Å²) in [5.74, 6) is 0.282. The van der Waals surface area contributed by atoms with Crippen molar-refractivity contribution >= 4 is 10.8 Å². The molecule has 6 heteroatoms. The molecule has 108 valence electrons. The molecule has 0 N–H and O–H groups in total. The average Bonchev–Trinajstić information content (AvgIpc) is 2.51. The molecule has 0 aliphatic heterocycles. The molecule has 0 aliphatic carbocycles. The normalized spacial score (nSPS) is 11.9. The molecule has 0 bridgehead atoms. The van der Waals surface area contributed by atoms with E-state index in [0.717, 1.165) is 4.90 Å². The van der Waals surface area contributed by atoms with E-state index in [4.69, 9.17) is 5.26 Å². The maximum Gasteiger partial charge on any atom is 0.284 e. The highest BCUT2D eigenvalue weighted by Gasteiger charge is 2.12. The van der Waals surface area contributed by atoms with Gasteiger partial charge in [0.15, 0.2) is 0 Å². The molecule has 1 aromatic carbocycles. The van der Waals surface area contributed by atoms with E-state index in [-0.39, 0.29) is 17.9 Å². The second-order valence-electron chi connectivity index (χ2n) is 4.59. The van der Waals surface area contributed by atoms with Gasteiger partial charge in [-0.25, -0.2) is 4.68 Å². The zero-order valence-corrected chi connectivity index (χ0v) is 12.7. The average molecular weight is 301 g/mol. The molecule has 1 heterocycles. The smallest absolute Gasteiger partial charge is 0.266 e. The maximum absolute atomic E-state index is 12.1. The van der Waals surface area contributed by atoms with Crippen molar-refractivity contribution in [3.8, 4) is 6.07 Å². The summed E-state index contributed by atoms with van der Waals surface area (Å²) in [7, 11) is -1.20. The molecule has 0 radical (unpaired) electrons. The third-order valence-electron chi connectivity index (χ3n) is 3.24. The molecule has 1 atom stereocenters. The van der Waals surface area contributed by atoms with Gasteiger partial charge in [0.2, 0.25) is 0 Å². The van der Waals surface area contributed by atoms with Crippen LogP contribution in [0, 0.1) is 25.2 Å². The van der Waals surface area contributed by atoms with Crippen molar-refractivity contribution in [3.05, 3.63) is 57.5 Å². The number of hydrogen-bond acceptors (Lipinski definition) is 4. The van der Waals surface area contributed by atoms with Gasteiger partial charge in [-0.15, -0.1) is 0 Å². The number of aryl methyl sites for hydroxylation is 2. The largest absolute Gasteiger partial charge is 0.284 e. The van der Waals surface area contributed by atoms with Gasteiger partial charge in [0, 0.05) is 10.6 Å². The SMILES string of the molecule is Cc1nn(CC[S@@](=O)c2ccccc2)c(=O)c(C#N)c1C. The Morgan fingerprint density at radius 2 is 1.95 bits per heavy atom. The molecule has 0 amide bonds. The van der Waals surface area contributed by atoms with Crippen molar-refractivity contribution in [1.29, 1.82) is 5.26 Å². The Balaban J connectivity index is 2.22. The molecular formula is C15H15N3O2S. The van der Waals surface area contributed by atoms with Crippen molar-refractivity contribution in [2.45, 2.75) is 25.3 Å². The van der Waals surface area contributed by atoms with Gasteiger partial charge in [-0.2, -0.15) is 10.4 Å². The van der Waals surface area contributed by atoms with Crippen LogP contribution in [0.4, 0.5) is 0 Å². The van der Waals surface area contributed by atoms with E-state index < -0.39 is 16.4 Å². The van der Waals surface area contributed by atoms with Crippen LogP contribution >= 0.6 is 0 Å². The molecule has 0 saturated heterocycles. The summed E-state index contributed by atoms with van der Waals surface area (Å²) in [4.78, 5) is 12.8. The minimum atomic E-state index is -1.20. The van der Waals surface area contributed by atoms with E-state index in [1.165, 1.54) is 4.68 Å². The Hall–Kier alpha value is -2.26. The van der Waals surface area contributed by atoms with Gasteiger partial charge >= 0.3 is 0 Å². The van der Waals surface area contributed by atoms with Crippen LogP contribution in [0.25, 0.3) is 0 Å². The summed E-state index contributed by atoms with van der Waals surface area (Å²) >= 11 is 0. The van der Waals surface area contributed by atoms with Crippen LogP contribution in [0.5, 0.6) is 0 Å². The lowest BCUT2D eigenvalue weighted by atomic mass is 10.1. The first kappa shape index (κ1) is 15.1. The Kier molecular flexibility index (Phi) is 4.66. The molecule has 5 nitrogen and oxygen atoms in total. The van der Waals surface area contributed by atoms with E-state index in [1.54, 1.807) is 26.0 Å². The fourth-order valence-electron chi connectivity index (χ4n) is 1.91. The summed E-state index contributed by atoms with van der Waals surface area (Å²) in [5, 5.41) is 13.2. The standard InChI is InChI=1S/C15H15N3O2S/c1-11-12(2)17-18(15(19)14(11)10-16)8-9-21(20)13-6-4-3-5-7-13/h3-7H,8-9H2,1-2H3/t21-/m1/s1. The van der Waals surface area contributed by atoms with Crippen LogP contribution < -0.4 is 5.56 Å². The van der Waals surface area contributed by atoms with Gasteiger partial charge in [-0.1, -0.05) is 18.2 Å². The first-order valence-electron chi connectivity index (χ1n) is 6.46. The molecule has 0 fully saturated rings. The van der Waals surface area contributed by atoms with Gasteiger partial charge in [0.05, 0.1) is 23.0 Å². The van der Waals surface area contributed by atoms with E-state index >= 15 is 0 Å². The van der Waals surface area contributed by atoms with E-state index in [1.807, 2.05) is 24.3 Å². The highest BCUT2D eigenvalue weighted by Crippen LogP contribution is 2.07. The number of benzene rings is 1. The van der Waals surface area contributed by atoms with Crippen LogP contribution in [0.1, 0.15) is 16.8 Å². The Bertz CT molecular complexity index is 776. The molecule has 21 heavy (non-hydrogen) atoms. The molecule has 0 saturated carbocycles. The predicted molar refractivity (Wildman–Crippen MR) is 80.4 cm³/mol. The molecule has 0 spiro atoms. The number of nitrogens with zero attached hydrogens (tertiary/aromatic N) is 3. The molecule has 2 rings (SSSR count). The monoisotopic (exact) mass is 301 g/mol. The fraction of sp³-hybridized carbons (Fsp3) is 0.267. The summed E-state index contributed by atoms with van der Waals surface area (Å²) in [6, 6.07) is 11.0. The van der Waals surface area contributed by atoms with Crippen molar-refractivity contribution < 1.29 is 4.21 Å². The van der Waals surface area contributed by atoms with Crippen molar-refractivity contribution in [1.82, 2.24) is 9.78 Å². The van der Waals surface area contributed by atoms with Crippen molar-refractivity contribution in [2.75, 3.05) is 5.75 Å². The number of rotatable bonds is 4. The van der Waals surface area contributed by atoms with E-state index in [9.17, 15) is 9.00 Å². The van der Waals surface area contributed by atoms with Gasteiger partial charge in [-0.05, 0) is 31.5 Å². The second kappa shape index (κ2) is 6.46. The van der Waals surface area contributed by atoms with Crippen molar-refractivity contribution in [2.24, 2.45) is 0 Å². The minimum absolute atomic E-state index is 0.105. The van der Waals surface area contributed by atoms with Crippen LogP contribution in [0.2, 0.25) is 0 Å². The number of nitriles is 1. The van der Waals surface area contributed by atoms with Gasteiger partial charge in [-0.3, -0.25) is 9.00 Å². The predicted octanol–water partition coefficient (Wildman–Crippen LogP) is 1.54. The third-order valence-corrected chi connectivity index (χ3v) is 4.59. The van der Waals surface area contributed by atoms with Crippen LogP contribution in [-0.2, 0) is 17.3 Å². The lowest BCUT2D eigenvalue weighted by Crippen LogP contribution is -2.29. The minimum Gasteiger partial charge on any atom is -0.266 e. The van der Waals surface area contributed by atoms with Gasteiger partial charge in [0.25, 0.3) is 5.56 Å². The zero-order valence-electron chi connectivity index (χ0n) is 11.9. The topological polar surface area (TPSA) is 75.8 Å². The molecular weight excluding hydrogens is 286 g/mol. The van der Waals surface area contributed by atoms with Crippen LogP contribution in [0.15, 0.2) is 40.0 Å². The zero-order chi connectivity index (χ0) is 15.4. The highest BCUT2D eigenvalue weighted by molar-refractivity contribution is 7.85. The van der Waals surface area contributed by atoms with E-state index in [2.05, 4.69) is 5.10 Å². The number of aromatic nitrogens is 2. The summed E-state index contributed by atoms with van der Waals surface area (Å²) in [6.07, 6.45) is 0. The Morgan fingerprint density at radius 3 is 2.57 bits per heavy atom. The fourth-order valence-corrected chi connectivity index (χ4v) is 2.95. The second-order valence-corrected chi connectivity index (χ2v) is 6.16. The quantitative estimate of drug-likeness (QED) is 0.858. The molecule has 1 aromatic heterocycles. The van der Waals surface area contributed by atoms with Gasteiger partial charge in [0.1, 0.15) is 11.6 Å². The lowest BCUT2D eigenvalue weighted by Gasteiger charge is -2.08. The Labute approximate surface area is 125 Å². The summed E-state index contributed by atoms with van der Waals surface area (Å²) in [6.45, 7) is 3.67. The first-order chi connectivity index (χ1) is 10.0.